The number of nitrogens with two attached hydrogens (primary N) is 1. The quantitative estimate of drug-likeness (QED) is 0.439. The second-order valence-corrected chi connectivity index (χ2v) is 9.48. The summed E-state index contributed by atoms with van der Waals surface area (Å²) in [7, 11) is 0. The number of aromatic nitrogens is 1. The van der Waals surface area contributed by atoms with E-state index in [0.29, 0.717) is 30.9 Å². The van der Waals surface area contributed by atoms with Crippen LogP contribution < -0.4 is 5.73 Å². The maximum absolute atomic E-state index is 11.9. The van der Waals surface area contributed by atoms with Gasteiger partial charge >= 0.3 is 5.97 Å². The largest absolute Gasteiger partial charge is 0.478 e. The number of pyridine rings is 1. The molecule has 0 aliphatic heterocycles. The molecular formula is C29H36N2O2. The Morgan fingerprint density at radius 3 is 2.15 bits per heavy atom. The summed E-state index contributed by atoms with van der Waals surface area (Å²) in [5.74, 6) is -0.399. The highest BCUT2D eigenvalue weighted by Gasteiger charge is 2.21. The van der Waals surface area contributed by atoms with Gasteiger partial charge in [0.2, 0.25) is 0 Å². The van der Waals surface area contributed by atoms with Crippen molar-refractivity contribution >= 4 is 5.97 Å². The lowest BCUT2D eigenvalue weighted by Crippen LogP contribution is -2.14. The van der Waals surface area contributed by atoms with Gasteiger partial charge in [0.1, 0.15) is 0 Å². The molecule has 0 amide bonds. The molecule has 4 nitrogen and oxygen atoms in total. The van der Waals surface area contributed by atoms with E-state index in [4.69, 9.17) is 10.7 Å². The van der Waals surface area contributed by atoms with E-state index in [9.17, 15) is 9.90 Å². The molecule has 3 rings (SSSR count). The van der Waals surface area contributed by atoms with Gasteiger partial charge in [0, 0.05) is 17.9 Å². The van der Waals surface area contributed by atoms with E-state index in [2.05, 4.69) is 52.0 Å². The third kappa shape index (κ3) is 5.33. The SMILES string of the molecule is Cc1ccc(-c2c(CCc3c(C(=O)O)ccc(C)c3C)c(C)nc(CC(C)C)c2CN)cc1. The van der Waals surface area contributed by atoms with Crippen molar-refractivity contribution in [1.29, 1.82) is 0 Å². The maximum atomic E-state index is 11.9. The van der Waals surface area contributed by atoms with Crippen LogP contribution in [0.5, 0.6) is 0 Å². The molecule has 33 heavy (non-hydrogen) atoms. The van der Waals surface area contributed by atoms with Crippen molar-refractivity contribution < 1.29 is 9.90 Å². The molecule has 3 N–H and O–H groups in total. The van der Waals surface area contributed by atoms with Crippen LogP contribution >= 0.6 is 0 Å². The van der Waals surface area contributed by atoms with Crippen LogP contribution in [0.4, 0.5) is 0 Å². The van der Waals surface area contributed by atoms with Gasteiger partial charge in [-0.2, -0.15) is 0 Å². The summed E-state index contributed by atoms with van der Waals surface area (Å²) >= 11 is 0. The van der Waals surface area contributed by atoms with E-state index in [1.54, 1.807) is 6.07 Å². The van der Waals surface area contributed by atoms with Crippen molar-refractivity contribution in [2.45, 2.75) is 67.3 Å². The smallest absolute Gasteiger partial charge is 0.335 e. The number of carboxylic acid groups (broad SMARTS) is 1. The van der Waals surface area contributed by atoms with Gasteiger partial charge < -0.3 is 10.8 Å². The van der Waals surface area contributed by atoms with E-state index in [1.807, 2.05) is 19.9 Å². The molecular weight excluding hydrogens is 408 g/mol. The second kappa shape index (κ2) is 10.3. The number of aryl methyl sites for hydroxylation is 3. The van der Waals surface area contributed by atoms with Gasteiger partial charge in [-0.25, -0.2) is 4.79 Å². The zero-order chi connectivity index (χ0) is 24.3. The number of benzene rings is 2. The first kappa shape index (κ1) is 24.7. The third-order valence-electron chi connectivity index (χ3n) is 6.56. The van der Waals surface area contributed by atoms with Crippen molar-refractivity contribution in [2.24, 2.45) is 11.7 Å². The summed E-state index contributed by atoms with van der Waals surface area (Å²) in [5.41, 5.74) is 17.6. The lowest BCUT2D eigenvalue weighted by atomic mass is 9.86. The van der Waals surface area contributed by atoms with Crippen molar-refractivity contribution in [3.63, 3.8) is 0 Å². The van der Waals surface area contributed by atoms with Crippen LogP contribution in [0.2, 0.25) is 0 Å². The van der Waals surface area contributed by atoms with Gasteiger partial charge in [-0.05, 0) is 97.9 Å². The number of carbonyl (C=O) groups is 1. The Morgan fingerprint density at radius 1 is 0.939 bits per heavy atom. The summed E-state index contributed by atoms with van der Waals surface area (Å²) in [4.78, 5) is 16.9. The van der Waals surface area contributed by atoms with Gasteiger partial charge in [-0.1, -0.05) is 49.7 Å². The molecule has 0 saturated heterocycles. The van der Waals surface area contributed by atoms with Gasteiger partial charge in [-0.3, -0.25) is 4.98 Å². The Hall–Kier alpha value is -2.98. The Morgan fingerprint density at radius 2 is 1.58 bits per heavy atom. The fraction of sp³-hybridized carbons (Fsp3) is 0.379. The Balaban J connectivity index is 2.17. The van der Waals surface area contributed by atoms with E-state index in [0.717, 1.165) is 51.2 Å². The molecule has 174 valence electrons. The second-order valence-electron chi connectivity index (χ2n) is 9.48. The Bertz CT molecular complexity index is 1160. The molecule has 3 aromatic rings. The number of aromatic carboxylic acids is 1. The zero-order valence-corrected chi connectivity index (χ0v) is 20.7. The molecule has 0 saturated carbocycles. The molecule has 0 fully saturated rings. The molecule has 4 heteroatoms. The minimum Gasteiger partial charge on any atom is -0.478 e. The Kier molecular flexibility index (Phi) is 7.70. The van der Waals surface area contributed by atoms with Crippen LogP contribution in [0.15, 0.2) is 36.4 Å². The topological polar surface area (TPSA) is 76.2 Å². The zero-order valence-electron chi connectivity index (χ0n) is 20.7. The average Bonchev–Trinajstić information content (AvgIpc) is 2.75. The molecule has 0 bridgehead atoms. The molecule has 0 aliphatic rings. The summed E-state index contributed by atoms with van der Waals surface area (Å²) in [6, 6.07) is 12.2. The summed E-state index contributed by atoms with van der Waals surface area (Å²) in [6.07, 6.45) is 2.23. The molecule has 1 aromatic heterocycles. The van der Waals surface area contributed by atoms with Gasteiger partial charge in [-0.15, -0.1) is 0 Å². The highest BCUT2D eigenvalue weighted by molar-refractivity contribution is 5.90. The number of hydrogen-bond donors (Lipinski definition) is 2. The number of hydrogen-bond acceptors (Lipinski definition) is 3. The molecule has 0 atom stereocenters. The first-order valence-electron chi connectivity index (χ1n) is 11.7. The molecule has 0 aliphatic carbocycles. The Labute approximate surface area is 197 Å². The third-order valence-corrected chi connectivity index (χ3v) is 6.56. The van der Waals surface area contributed by atoms with Crippen LogP contribution in [0, 0.1) is 33.6 Å². The van der Waals surface area contributed by atoms with Crippen molar-refractivity contribution in [3.05, 3.63) is 86.7 Å². The van der Waals surface area contributed by atoms with E-state index < -0.39 is 5.97 Å². The highest BCUT2D eigenvalue weighted by atomic mass is 16.4. The lowest BCUT2D eigenvalue weighted by Gasteiger charge is -2.22. The molecule has 2 aromatic carbocycles. The minimum atomic E-state index is -0.878. The van der Waals surface area contributed by atoms with E-state index >= 15 is 0 Å². The average molecular weight is 445 g/mol. The van der Waals surface area contributed by atoms with Crippen LogP contribution in [-0.4, -0.2) is 16.1 Å². The summed E-state index contributed by atoms with van der Waals surface area (Å²) in [5, 5.41) is 9.76. The van der Waals surface area contributed by atoms with Gasteiger partial charge in [0.25, 0.3) is 0 Å². The standard InChI is InChI=1S/C29H36N2O2/c1-17(2)15-27-26(16-30)28(22-10-7-18(3)8-11-22)24(21(6)31-27)14-13-23-20(5)19(4)9-12-25(23)29(32)33/h7-12,17H,13-16,30H2,1-6H3,(H,32,33). The van der Waals surface area contributed by atoms with Gasteiger partial charge in [0.15, 0.2) is 0 Å². The maximum Gasteiger partial charge on any atom is 0.335 e. The van der Waals surface area contributed by atoms with E-state index in [-0.39, 0.29) is 0 Å². The number of carboxylic acids is 1. The first-order chi connectivity index (χ1) is 15.6. The first-order valence-corrected chi connectivity index (χ1v) is 11.7. The van der Waals surface area contributed by atoms with Crippen LogP contribution in [0.1, 0.15) is 69.0 Å². The molecule has 0 spiro atoms. The predicted molar refractivity (Wildman–Crippen MR) is 136 cm³/mol. The van der Waals surface area contributed by atoms with Gasteiger partial charge in [0.05, 0.1) is 5.56 Å². The van der Waals surface area contributed by atoms with Crippen molar-refractivity contribution in [2.75, 3.05) is 0 Å². The molecule has 0 unspecified atom stereocenters. The van der Waals surface area contributed by atoms with Crippen LogP contribution in [-0.2, 0) is 25.8 Å². The van der Waals surface area contributed by atoms with Crippen molar-refractivity contribution in [1.82, 2.24) is 4.98 Å². The number of nitrogens with zero attached hydrogens (tertiary/aromatic N) is 1. The molecule has 1 heterocycles. The lowest BCUT2D eigenvalue weighted by molar-refractivity contribution is 0.0695. The predicted octanol–water partition coefficient (Wildman–Crippen LogP) is 6.12. The van der Waals surface area contributed by atoms with Crippen molar-refractivity contribution in [3.8, 4) is 11.1 Å². The molecule has 0 radical (unpaired) electrons. The summed E-state index contributed by atoms with van der Waals surface area (Å²) < 4.78 is 0. The van der Waals surface area contributed by atoms with Crippen LogP contribution in [0.25, 0.3) is 11.1 Å². The fourth-order valence-corrected chi connectivity index (χ4v) is 4.64. The minimum absolute atomic E-state index is 0.385. The normalized spacial score (nSPS) is 11.3. The fourth-order valence-electron chi connectivity index (χ4n) is 4.64. The van der Waals surface area contributed by atoms with E-state index in [1.165, 1.54) is 11.1 Å². The summed E-state index contributed by atoms with van der Waals surface area (Å²) in [6.45, 7) is 13.0. The van der Waals surface area contributed by atoms with Crippen LogP contribution in [0.3, 0.4) is 0 Å². The number of rotatable bonds is 8. The monoisotopic (exact) mass is 444 g/mol. The highest BCUT2D eigenvalue weighted by Crippen LogP contribution is 2.34.